The van der Waals surface area contributed by atoms with Gasteiger partial charge in [0.25, 0.3) is 0 Å². The second kappa shape index (κ2) is 1.62. The molecule has 0 aliphatic carbocycles. The van der Waals surface area contributed by atoms with Crippen LogP contribution in [0.5, 0.6) is 0 Å². The first-order valence-corrected chi connectivity index (χ1v) is 2.80. The van der Waals surface area contributed by atoms with Crippen LogP contribution in [0.3, 0.4) is 0 Å². The van der Waals surface area contributed by atoms with Crippen LogP contribution in [0.1, 0.15) is 0 Å². The lowest BCUT2D eigenvalue weighted by atomic mass is 11.0. The van der Waals surface area contributed by atoms with Crippen LogP contribution in [0.4, 0.5) is 0 Å². The first-order chi connectivity index (χ1) is 2.89. The zero-order valence-electron chi connectivity index (χ0n) is 2.96. The molecule has 1 rings (SSSR count). The van der Waals surface area contributed by atoms with Gasteiger partial charge in [0.1, 0.15) is 0 Å². The summed E-state index contributed by atoms with van der Waals surface area (Å²) in [7, 11) is 0. The Morgan fingerprint density at radius 3 is 2.83 bits per heavy atom. The summed E-state index contributed by atoms with van der Waals surface area (Å²) in [5.74, 6) is 0. The molecule has 6 heavy (non-hydrogen) atoms. The van der Waals surface area contributed by atoms with E-state index in [0.717, 1.165) is 4.21 Å². The topological polar surface area (TPSA) is 12.9 Å². The van der Waals surface area contributed by atoms with Crippen molar-refractivity contribution in [1.82, 2.24) is 4.98 Å². The molecule has 0 N–H and O–H groups in total. The van der Waals surface area contributed by atoms with Crippen LogP contribution in [-0.4, -0.2) is 4.98 Å². The molecule has 1 nitrogen and oxygen atoms in total. The molecule has 3 heteroatoms. The van der Waals surface area contributed by atoms with Crippen molar-refractivity contribution in [3.8, 4) is 0 Å². The molecule has 0 saturated carbocycles. The summed E-state index contributed by atoms with van der Waals surface area (Å²) in [6.45, 7) is 0. The van der Waals surface area contributed by atoms with E-state index in [9.17, 15) is 0 Å². The Morgan fingerprint density at radius 1 is 1.83 bits per heavy atom. The fraction of sp³-hybridized carbons (Fsp3) is 0. The van der Waals surface area contributed by atoms with Gasteiger partial charge in [0.05, 0.1) is 15.9 Å². The van der Waals surface area contributed by atoms with Crippen molar-refractivity contribution in [3.63, 3.8) is 0 Å². The fourth-order valence-electron chi connectivity index (χ4n) is 0.209. The standard InChI is InChI=1S/C3H3NS2/c5-3-1-4-2-6-3/h1-2,5H. The molecular weight excluding hydrogens is 114 g/mol. The summed E-state index contributed by atoms with van der Waals surface area (Å²) in [6, 6.07) is 0. The van der Waals surface area contributed by atoms with Crippen molar-refractivity contribution in [2.24, 2.45) is 0 Å². The molecule has 0 bridgehead atoms. The lowest BCUT2D eigenvalue weighted by Crippen LogP contribution is -1.42. The van der Waals surface area contributed by atoms with Gasteiger partial charge in [-0.15, -0.1) is 24.0 Å². The van der Waals surface area contributed by atoms with Crippen molar-refractivity contribution < 1.29 is 0 Å². The van der Waals surface area contributed by atoms with Crippen LogP contribution < -0.4 is 0 Å². The predicted molar refractivity (Wildman–Crippen MR) is 29.4 cm³/mol. The number of aromatic nitrogens is 1. The normalized spacial score (nSPS) is 8.83. The first kappa shape index (κ1) is 4.15. The smallest absolute Gasteiger partial charge is 0.0803 e. The maximum absolute atomic E-state index is 3.99. The molecule has 0 spiro atoms. The molecule has 0 fully saturated rings. The highest BCUT2D eigenvalue weighted by atomic mass is 32.2. The quantitative estimate of drug-likeness (QED) is 0.507. The minimum Gasteiger partial charge on any atom is -0.252 e. The van der Waals surface area contributed by atoms with Gasteiger partial charge < -0.3 is 0 Å². The van der Waals surface area contributed by atoms with Crippen molar-refractivity contribution in [1.29, 1.82) is 0 Å². The van der Waals surface area contributed by atoms with E-state index in [1.165, 1.54) is 11.3 Å². The molecule has 1 aromatic rings. The van der Waals surface area contributed by atoms with Gasteiger partial charge in [-0.3, -0.25) is 4.98 Å². The van der Waals surface area contributed by atoms with Crippen molar-refractivity contribution in [2.75, 3.05) is 0 Å². The zero-order valence-corrected chi connectivity index (χ0v) is 4.67. The van der Waals surface area contributed by atoms with E-state index in [0.29, 0.717) is 0 Å². The Labute approximate surface area is 45.4 Å². The summed E-state index contributed by atoms with van der Waals surface area (Å²) in [6.07, 6.45) is 1.72. The molecule has 32 valence electrons. The fourth-order valence-corrected chi connectivity index (χ4v) is 0.769. The third-order valence-electron chi connectivity index (χ3n) is 0.419. The molecule has 0 aliphatic heterocycles. The van der Waals surface area contributed by atoms with Crippen molar-refractivity contribution in [2.45, 2.75) is 4.21 Å². The monoisotopic (exact) mass is 117 g/mol. The summed E-state index contributed by atoms with van der Waals surface area (Å²) in [4.78, 5) is 3.76. The van der Waals surface area contributed by atoms with E-state index in [1.54, 1.807) is 11.7 Å². The van der Waals surface area contributed by atoms with E-state index < -0.39 is 0 Å². The van der Waals surface area contributed by atoms with E-state index in [1.807, 2.05) is 0 Å². The second-order valence-electron chi connectivity index (χ2n) is 0.840. The third-order valence-corrected chi connectivity index (χ3v) is 1.43. The van der Waals surface area contributed by atoms with Crippen LogP contribution in [0, 0.1) is 0 Å². The van der Waals surface area contributed by atoms with Crippen molar-refractivity contribution in [3.05, 3.63) is 11.7 Å². The molecule has 1 heterocycles. The van der Waals surface area contributed by atoms with Gasteiger partial charge in [0.2, 0.25) is 0 Å². The van der Waals surface area contributed by atoms with Gasteiger partial charge in [-0.1, -0.05) is 0 Å². The van der Waals surface area contributed by atoms with Gasteiger partial charge in [-0.2, -0.15) is 0 Å². The Morgan fingerprint density at radius 2 is 2.67 bits per heavy atom. The number of nitrogens with zero attached hydrogens (tertiary/aromatic N) is 1. The van der Waals surface area contributed by atoms with Crippen LogP contribution in [0.25, 0.3) is 0 Å². The average Bonchev–Trinajstić information content (AvgIpc) is 1.86. The number of thiol groups is 1. The molecule has 0 atom stereocenters. The molecule has 1 aromatic heterocycles. The average molecular weight is 117 g/mol. The van der Waals surface area contributed by atoms with Gasteiger partial charge >= 0.3 is 0 Å². The van der Waals surface area contributed by atoms with Gasteiger partial charge in [0, 0.05) is 0 Å². The molecule has 0 amide bonds. The Bertz CT molecular complexity index is 112. The largest absolute Gasteiger partial charge is 0.252 e. The molecular formula is C3H3NS2. The lowest BCUT2D eigenvalue weighted by Gasteiger charge is -1.62. The highest BCUT2D eigenvalue weighted by Crippen LogP contribution is 2.08. The van der Waals surface area contributed by atoms with Gasteiger partial charge in [-0.05, 0) is 0 Å². The van der Waals surface area contributed by atoms with E-state index in [4.69, 9.17) is 0 Å². The van der Waals surface area contributed by atoms with E-state index in [2.05, 4.69) is 17.6 Å². The van der Waals surface area contributed by atoms with E-state index >= 15 is 0 Å². The summed E-state index contributed by atoms with van der Waals surface area (Å²) >= 11 is 5.52. The number of rotatable bonds is 0. The highest BCUT2D eigenvalue weighted by molar-refractivity contribution is 7.82. The van der Waals surface area contributed by atoms with Crippen LogP contribution in [0.2, 0.25) is 0 Å². The van der Waals surface area contributed by atoms with Crippen molar-refractivity contribution >= 4 is 24.0 Å². The summed E-state index contributed by atoms with van der Waals surface area (Å²) in [5, 5.41) is 0. The van der Waals surface area contributed by atoms with Gasteiger partial charge in [-0.25, -0.2) is 0 Å². The summed E-state index contributed by atoms with van der Waals surface area (Å²) < 4.78 is 0.968. The molecule has 0 saturated heterocycles. The lowest BCUT2D eigenvalue weighted by molar-refractivity contribution is 1.38. The second-order valence-corrected chi connectivity index (χ2v) is 2.51. The Kier molecular flexibility index (Phi) is 1.12. The third kappa shape index (κ3) is 0.725. The molecule has 0 unspecified atom stereocenters. The van der Waals surface area contributed by atoms with E-state index in [-0.39, 0.29) is 0 Å². The maximum atomic E-state index is 3.99. The highest BCUT2D eigenvalue weighted by Gasteiger charge is 1.77. The SMILES string of the molecule is Sc1cncs1. The first-order valence-electron chi connectivity index (χ1n) is 1.47. The molecule has 0 aliphatic rings. The van der Waals surface area contributed by atoms with Crippen LogP contribution >= 0.6 is 24.0 Å². The Balaban J connectivity index is 3.05. The zero-order chi connectivity index (χ0) is 4.41. The number of thiazole rings is 1. The predicted octanol–water partition coefficient (Wildman–Crippen LogP) is 1.43. The number of hydrogen-bond acceptors (Lipinski definition) is 3. The Hall–Kier alpha value is -0.0200. The maximum Gasteiger partial charge on any atom is 0.0803 e. The van der Waals surface area contributed by atoms with Crippen LogP contribution in [-0.2, 0) is 0 Å². The summed E-state index contributed by atoms with van der Waals surface area (Å²) in [5.41, 5.74) is 1.75. The minimum absolute atomic E-state index is 0.968. The molecule has 0 aromatic carbocycles. The number of hydrogen-bond donors (Lipinski definition) is 1. The molecule has 0 radical (unpaired) electrons. The minimum atomic E-state index is 0.968. The van der Waals surface area contributed by atoms with Gasteiger partial charge in [0.15, 0.2) is 0 Å². The van der Waals surface area contributed by atoms with Crippen LogP contribution in [0.15, 0.2) is 15.9 Å².